The highest BCUT2D eigenvalue weighted by Gasteiger charge is 2.35. The molecule has 3 rings (SSSR count). The number of allylic oxidation sites excluding steroid dienone is 1. The van der Waals surface area contributed by atoms with Crippen molar-refractivity contribution in [2.75, 3.05) is 26.3 Å². The molecule has 2 aliphatic rings. The van der Waals surface area contributed by atoms with Crippen LogP contribution in [-0.2, 0) is 16.0 Å². The van der Waals surface area contributed by atoms with Crippen LogP contribution < -0.4 is 0 Å². The molecule has 0 bridgehead atoms. The lowest BCUT2D eigenvalue weighted by Crippen LogP contribution is -2.44. The molecule has 0 unspecified atom stereocenters. The second-order valence-electron chi connectivity index (χ2n) is 7.27. The molecular formula is C18H27N3O3. The Labute approximate surface area is 143 Å². The Bertz CT molecular complexity index is 586. The highest BCUT2D eigenvalue weighted by molar-refractivity contribution is 5.76. The lowest BCUT2D eigenvalue weighted by atomic mass is 9.76. The van der Waals surface area contributed by atoms with E-state index < -0.39 is 0 Å². The number of hydrogen-bond acceptors (Lipinski definition) is 5. The topological polar surface area (TPSA) is 68.5 Å². The number of likely N-dealkylation sites (tertiary alicyclic amines) is 1. The Hall–Kier alpha value is -1.69. The molecule has 6 heteroatoms. The van der Waals surface area contributed by atoms with Gasteiger partial charge in [-0.3, -0.25) is 4.79 Å². The maximum Gasteiger partial charge on any atom is 0.227 e. The van der Waals surface area contributed by atoms with Crippen molar-refractivity contribution in [2.24, 2.45) is 5.41 Å². The van der Waals surface area contributed by atoms with Gasteiger partial charge in [0.25, 0.3) is 0 Å². The summed E-state index contributed by atoms with van der Waals surface area (Å²) in [6, 6.07) is 0. The van der Waals surface area contributed by atoms with Crippen LogP contribution in [0.15, 0.2) is 16.7 Å². The monoisotopic (exact) mass is 333 g/mol. The number of rotatable bonds is 4. The van der Waals surface area contributed by atoms with Gasteiger partial charge >= 0.3 is 0 Å². The van der Waals surface area contributed by atoms with E-state index >= 15 is 0 Å². The van der Waals surface area contributed by atoms with Crippen LogP contribution in [0.5, 0.6) is 0 Å². The molecule has 0 radical (unpaired) electrons. The van der Waals surface area contributed by atoms with Crippen LogP contribution in [0.1, 0.15) is 57.2 Å². The zero-order chi connectivity index (χ0) is 17.0. The average molecular weight is 333 g/mol. The van der Waals surface area contributed by atoms with Gasteiger partial charge in [-0.2, -0.15) is 4.98 Å². The van der Waals surface area contributed by atoms with E-state index in [0.29, 0.717) is 31.2 Å². The SMILES string of the molecule is CC(C)c1noc(CCC(=O)N2CCC3(CC=CCOC3)CC2)n1. The molecule has 1 amide bonds. The van der Waals surface area contributed by atoms with Crippen molar-refractivity contribution in [1.82, 2.24) is 15.0 Å². The van der Waals surface area contributed by atoms with Crippen LogP contribution in [-0.4, -0.2) is 47.3 Å². The summed E-state index contributed by atoms with van der Waals surface area (Å²) in [5.41, 5.74) is 0.225. The van der Waals surface area contributed by atoms with Crippen molar-refractivity contribution in [3.63, 3.8) is 0 Å². The summed E-state index contributed by atoms with van der Waals surface area (Å²) in [4.78, 5) is 18.7. The predicted octanol–water partition coefficient (Wildman–Crippen LogP) is 2.71. The summed E-state index contributed by atoms with van der Waals surface area (Å²) in [5, 5.41) is 3.94. The number of hydrogen-bond donors (Lipinski definition) is 0. The number of aryl methyl sites for hydroxylation is 1. The van der Waals surface area contributed by atoms with Crippen molar-refractivity contribution < 1.29 is 14.1 Å². The maximum atomic E-state index is 12.4. The smallest absolute Gasteiger partial charge is 0.227 e. The molecule has 0 aromatic carbocycles. The summed E-state index contributed by atoms with van der Waals surface area (Å²) < 4.78 is 10.9. The van der Waals surface area contributed by atoms with E-state index in [4.69, 9.17) is 9.26 Å². The van der Waals surface area contributed by atoms with Gasteiger partial charge in [0.05, 0.1) is 13.2 Å². The number of aromatic nitrogens is 2. The summed E-state index contributed by atoms with van der Waals surface area (Å²) in [6.45, 7) is 7.20. The van der Waals surface area contributed by atoms with Gasteiger partial charge < -0.3 is 14.2 Å². The molecule has 1 fully saturated rings. The van der Waals surface area contributed by atoms with Crippen LogP contribution in [0.25, 0.3) is 0 Å². The fourth-order valence-electron chi connectivity index (χ4n) is 3.36. The van der Waals surface area contributed by atoms with Crippen LogP contribution in [0.3, 0.4) is 0 Å². The third-order valence-corrected chi connectivity index (χ3v) is 5.07. The Kier molecular flexibility index (Phi) is 5.33. The summed E-state index contributed by atoms with van der Waals surface area (Å²) in [6.07, 6.45) is 8.38. The van der Waals surface area contributed by atoms with E-state index in [1.807, 2.05) is 18.7 Å². The molecule has 1 aromatic heterocycles. The number of carbonyl (C=O) groups excluding carboxylic acids is 1. The maximum absolute atomic E-state index is 12.4. The van der Waals surface area contributed by atoms with E-state index in [1.54, 1.807) is 0 Å². The Morgan fingerprint density at radius 2 is 2.12 bits per heavy atom. The predicted molar refractivity (Wildman–Crippen MR) is 89.5 cm³/mol. The van der Waals surface area contributed by atoms with Gasteiger partial charge in [0.2, 0.25) is 11.8 Å². The van der Waals surface area contributed by atoms with Crippen molar-refractivity contribution >= 4 is 5.91 Å². The highest BCUT2D eigenvalue weighted by Crippen LogP contribution is 2.37. The van der Waals surface area contributed by atoms with Gasteiger partial charge in [-0.05, 0) is 19.3 Å². The van der Waals surface area contributed by atoms with Gasteiger partial charge in [0.15, 0.2) is 5.82 Å². The van der Waals surface area contributed by atoms with Crippen LogP contribution in [0.2, 0.25) is 0 Å². The van der Waals surface area contributed by atoms with Gasteiger partial charge in [-0.1, -0.05) is 31.2 Å². The van der Waals surface area contributed by atoms with E-state index in [2.05, 4.69) is 22.3 Å². The molecule has 0 N–H and O–H groups in total. The largest absolute Gasteiger partial charge is 0.377 e. The Morgan fingerprint density at radius 3 is 2.83 bits per heavy atom. The molecule has 6 nitrogen and oxygen atoms in total. The fourth-order valence-corrected chi connectivity index (χ4v) is 3.36. The first-order valence-corrected chi connectivity index (χ1v) is 8.91. The van der Waals surface area contributed by atoms with Crippen molar-refractivity contribution in [3.8, 4) is 0 Å². The minimum Gasteiger partial charge on any atom is -0.377 e. The molecule has 132 valence electrons. The van der Waals surface area contributed by atoms with E-state index in [1.165, 1.54) is 0 Å². The number of ether oxygens (including phenoxy) is 1. The first-order chi connectivity index (χ1) is 11.6. The highest BCUT2D eigenvalue weighted by atomic mass is 16.5. The van der Waals surface area contributed by atoms with Crippen molar-refractivity contribution in [2.45, 2.75) is 51.9 Å². The van der Waals surface area contributed by atoms with Crippen molar-refractivity contribution in [1.29, 1.82) is 0 Å². The molecule has 1 spiro atoms. The molecule has 1 saturated heterocycles. The standard InChI is InChI=1S/C18H27N3O3/c1-14(2)17-19-15(24-20-17)5-6-16(22)21-10-8-18(9-11-21)7-3-4-12-23-13-18/h3-4,14H,5-13H2,1-2H3. The number of amides is 1. The number of carbonyl (C=O) groups is 1. The second-order valence-corrected chi connectivity index (χ2v) is 7.27. The lowest BCUT2D eigenvalue weighted by molar-refractivity contribution is -0.134. The third-order valence-electron chi connectivity index (χ3n) is 5.07. The van der Waals surface area contributed by atoms with E-state index in [0.717, 1.165) is 39.0 Å². The van der Waals surface area contributed by atoms with Crippen molar-refractivity contribution in [3.05, 3.63) is 23.9 Å². The molecule has 0 aliphatic carbocycles. The summed E-state index contributed by atoms with van der Waals surface area (Å²) >= 11 is 0. The molecule has 24 heavy (non-hydrogen) atoms. The van der Waals surface area contributed by atoms with Gasteiger partial charge in [-0.15, -0.1) is 0 Å². The van der Waals surface area contributed by atoms with Crippen LogP contribution in [0.4, 0.5) is 0 Å². The fraction of sp³-hybridized carbons (Fsp3) is 0.722. The average Bonchev–Trinajstić information content (AvgIpc) is 2.95. The molecule has 1 aromatic rings. The molecule has 2 aliphatic heterocycles. The second kappa shape index (κ2) is 7.47. The zero-order valence-corrected chi connectivity index (χ0v) is 14.7. The molecule has 0 atom stereocenters. The lowest BCUT2D eigenvalue weighted by Gasteiger charge is -2.40. The van der Waals surface area contributed by atoms with Crippen LogP contribution >= 0.6 is 0 Å². The summed E-state index contributed by atoms with van der Waals surface area (Å²) in [7, 11) is 0. The molecule has 0 saturated carbocycles. The zero-order valence-electron chi connectivity index (χ0n) is 14.7. The first-order valence-electron chi connectivity index (χ1n) is 8.91. The third kappa shape index (κ3) is 4.04. The summed E-state index contributed by atoms with van der Waals surface area (Å²) in [5.74, 6) is 1.69. The van der Waals surface area contributed by atoms with Gasteiger partial charge in [-0.25, -0.2) is 0 Å². The molecular weight excluding hydrogens is 306 g/mol. The Balaban J connectivity index is 1.47. The Morgan fingerprint density at radius 1 is 1.33 bits per heavy atom. The van der Waals surface area contributed by atoms with Gasteiger partial charge in [0, 0.05) is 37.3 Å². The molecule has 3 heterocycles. The number of piperidine rings is 1. The minimum atomic E-state index is 0.180. The minimum absolute atomic E-state index is 0.180. The van der Waals surface area contributed by atoms with Crippen LogP contribution in [0, 0.1) is 5.41 Å². The first kappa shape index (κ1) is 17.1. The van der Waals surface area contributed by atoms with Gasteiger partial charge in [0.1, 0.15) is 0 Å². The quantitative estimate of drug-likeness (QED) is 0.793. The van der Waals surface area contributed by atoms with E-state index in [9.17, 15) is 4.79 Å². The van der Waals surface area contributed by atoms with E-state index in [-0.39, 0.29) is 17.2 Å². The number of nitrogens with zero attached hydrogens (tertiary/aromatic N) is 3. The normalized spacial score (nSPS) is 20.5.